The molecule has 0 aromatic heterocycles. The van der Waals surface area contributed by atoms with Gasteiger partial charge in [-0.3, -0.25) is 4.90 Å². The zero-order chi connectivity index (χ0) is 10.9. The smallest absolute Gasteiger partial charge is 0.0698 e. The summed E-state index contributed by atoms with van der Waals surface area (Å²) >= 11 is 0. The van der Waals surface area contributed by atoms with Crippen LogP contribution in [-0.4, -0.2) is 49.3 Å². The molecule has 2 aliphatic heterocycles. The highest BCUT2D eigenvalue weighted by atomic mass is 16.5. The van der Waals surface area contributed by atoms with Crippen LogP contribution < -0.4 is 5.32 Å². The summed E-state index contributed by atoms with van der Waals surface area (Å²) in [4.78, 5) is 2.61. The van der Waals surface area contributed by atoms with E-state index in [0.717, 1.165) is 19.1 Å². The molecule has 0 aromatic rings. The fraction of sp³-hybridized carbons (Fsp3) is 1.00. The van der Waals surface area contributed by atoms with Gasteiger partial charge in [0.25, 0.3) is 0 Å². The van der Waals surface area contributed by atoms with Crippen LogP contribution in [0.5, 0.6) is 0 Å². The summed E-state index contributed by atoms with van der Waals surface area (Å²) in [6, 6.07) is 0.720. The molecule has 15 heavy (non-hydrogen) atoms. The number of hydrogen-bond donors (Lipinski definition) is 1. The van der Waals surface area contributed by atoms with E-state index in [1.165, 1.54) is 25.8 Å². The minimum absolute atomic E-state index is 0.324. The van der Waals surface area contributed by atoms with Gasteiger partial charge in [-0.2, -0.15) is 0 Å². The second-order valence-corrected chi connectivity index (χ2v) is 5.62. The Morgan fingerprint density at radius 2 is 2.20 bits per heavy atom. The zero-order valence-corrected chi connectivity index (χ0v) is 10.3. The van der Waals surface area contributed by atoms with Crippen molar-refractivity contribution in [1.29, 1.82) is 0 Å². The van der Waals surface area contributed by atoms with Crippen LogP contribution in [-0.2, 0) is 4.74 Å². The number of ether oxygens (including phenoxy) is 1. The molecule has 3 nitrogen and oxygen atoms in total. The van der Waals surface area contributed by atoms with Crippen molar-refractivity contribution in [3.05, 3.63) is 0 Å². The summed E-state index contributed by atoms with van der Waals surface area (Å²) < 4.78 is 5.47. The third kappa shape index (κ3) is 2.71. The Kier molecular flexibility index (Phi) is 3.33. The summed E-state index contributed by atoms with van der Waals surface area (Å²) in [5, 5.41) is 3.59. The molecular formula is C12H24N2O. The Balaban J connectivity index is 1.88. The molecule has 0 saturated carbocycles. The zero-order valence-electron chi connectivity index (χ0n) is 10.3. The van der Waals surface area contributed by atoms with E-state index in [1.807, 2.05) is 7.11 Å². The van der Waals surface area contributed by atoms with E-state index in [-0.39, 0.29) is 0 Å². The van der Waals surface area contributed by atoms with Crippen molar-refractivity contribution in [2.75, 3.05) is 26.7 Å². The molecule has 2 heterocycles. The van der Waals surface area contributed by atoms with E-state index in [9.17, 15) is 0 Å². The molecule has 2 aliphatic rings. The van der Waals surface area contributed by atoms with Crippen molar-refractivity contribution >= 4 is 0 Å². The fourth-order valence-electron chi connectivity index (χ4n) is 2.88. The van der Waals surface area contributed by atoms with Crippen molar-refractivity contribution in [3.8, 4) is 0 Å². The van der Waals surface area contributed by atoms with Crippen molar-refractivity contribution in [2.45, 2.75) is 50.8 Å². The lowest BCUT2D eigenvalue weighted by Gasteiger charge is -2.36. The van der Waals surface area contributed by atoms with Gasteiger partial charge >= 0.3 is 0 Å². The van der Waals surface area contributed by atoms with Crippen LogP contribution in [0.1, 0.15) is 33.1 Å². The van der Waals surface area contributed by atoms with E-state index < -0.39 is 0 Å². The second kappa shape index (κ2) is 4.40. The average Bonchev–Trinajstić information content (AvgIpc) is 2.59. The maximum absolute atomic E-state index is 5.47. The Morgan fingerprint density at radius 1 is 1.40 bits per heavy atom. The number of nitrogens with zero attached hydrogens (tertiary/aromatic N) is 1. The third-order valence-electron chi connectivity index (χ3n) is 3.82. The quantitative estimate of drug-likeness (QED) is 0.745. The first-order valence-corrected chi connectivity index (χ1v) is 6.12. The highest BCUT2D eigenvalue weighted by Gasteiger charge is 2.35. The summed E-state index contributed by atoms with van der Waals surface area (Å²) in [5.74, 6) is 0. The molecule has 0 aromatic carbocycles. The van der Waals surface area contributed by atoms with Crippen molar-refractivity contribution in [1.82, 2.24) is 10.2 Å². The molecule has 2 unspecified atom stereocenters. The molecular weight excluding hydrogens is 188 g/mol. The highest BCUT2D eigenvalue weighted by molar-refractivity contribution is 4.95. The van der Waals surface area contributed by atoms with Crippen molar-refractivity contribution in [2.24, 2.45) is 0 Å². The standard InChI is InChI=1S/C12H24N2O/c1-12(2)7-10(8-13-12)14-6-4-5-11(9-14)15-3/h10-11,13H,4-9H2,1-3H3. The molecule has 3 heteroatoms. The van der Waals surface area contributed by atoms with Crippen LogP contribution in [0.25, 0.3) is 0 Å². The van der Waals surface area contributed by atoms with E-state index >= 15 is 0 Å². The molecule has 0 amide bonds. The maximum atomic E-state index is 5.47. The lowest BCUT2D eigenvalue weighted by atomic mass is 9.98. The number of hydrogen-bond acceptors (Lipinski definition) is 3. The van der Waals surface area contributed by atoms with Gasteiger partial charge in [0.15, 0.2) is 0 Å². The molecule has 2 fully saturated rings. The Bertz CT molecular complexity index is 218. The summed E-state index contributed by atoms with van der Waals surface area (Å²) in [6.07, 6.45) is 4.25. The Labute approximate surface area is 93.2 Å². The van der Waals surface area contributed by atoms with Gasteiger partial charge in [-0.1, -0.05) is 0 Å². The van der Waals surface area contributed by atoms with Crippen LogP contribution in [0.15, 0.2) is 0 Å². The van der Waals surface area contributed by atoms with Crippen LogP contribution in [0.3, 0.4) is 0 Å². The summed E-state index contributed by atoms with van der Waals surface area (Å²) in [6.45, 7) is 8.11. The first-order chi connectivity index (χ1) is 7.11. The molecule has 2 atom stereocenters. The lowest BCUT2D eigenvalue weighted by Crippen LogP contribution is -2.46. The molecule has 0 bridgehead atoms. The predicted octanol–water partition coefficient (Wildman–Crippen LogP) is 1.24. The van der Waals surface area contributed by atoms with Crippen LogP contribution in [0, 0.1) is 0 Å². The van der Waals surface area contributed by atoms with Gasteiger partial charge in [-0.15, -0.1) is 0 Å². The Morgan fingerprint density at radius 3 is 2.80 bits per heavy atom. The first kappa shape index (κ1) is 11.4. The van der Waals surface area contributed by atoms with Gasteiger partial charge in [-0.05, 0) is 39.7 Å². The normalized spacial score (nSPS) is 37.0. The number of likely N-dealkylation sites (tertiary alicyclic amines) is 1. The van der Waals surface area contributed by atoms with Crippen molar-refractivity contribution in [3.63, 3.8) is 0 Å². The molecule has 0 spiro atoms. The largest absolute Gasteiger partial charge is 0.380 e. The molecule has 1 N–H and O–H groups in total. The van der Waals surface area contributed by atoms with E-state index in [2.05, 4.69) is 24.1 Å². The lowest BCUT2D eigenvalue weighted by molar-refractivity contribution is 0.0168. The minimum atomic E-state index is 0.324. The van der Waals surface area contributed by atoms with E-state index in [4.69, 9.17) is 4.74 Å². The SMILES string of the molecule is COC1CCCN(C2CNC(C)(C)C2)C1. The molecule has 0 aliphatic carbocycles. The Hall–Kier alpha value is -0.120. The maximum Gasteiger partial charge on any atom is 0.0698 e. The molecule has 0 radical (unpaired) electrons. The van der Waals surface area contributed by atoms with Gasteiger partial charge in [0.1, 0.15) is 0 Å². The predicted molar refractivity (Wildman–Crippen MR) is 62.1 cm³/mol. The number of nitrogens with one attached hydrogen (secondary N) is 1. The topological polar surface area (TPSA) is 24.5 Å². The third-order valence-corrected chi connectivity index (χ3v) is 3.82. The van der Waals surface area contributed by atoms with Crippen molar-refractivity contribution < 1.29 is 4.74 Å². The van der Waals surface area contributed by atoms with Gasteiger partial charge < -0.3 is 10.1 Å². The highest BCUT2D eigenvalue weighted by Crippen LogP contribution is 2.25. The number of rotatable bonds is 2. The second-order valence-electron chi connectivity index (χ2n) is 5.62. The average molecular weight is 212 g/mol. The fourth-order valence-corrected chi connectivity index (χ4v) is 2.88. The number of methoxy groups -OCH3 is 1. The summed E-state index contributed by atoms with van der Waals surface area (Å²) in [5.41, 5.74) is 0.324. The van der Waals surface area contributed by atoms with Gasteiger partial charge in [0.2, 0.25) is 0 Å². The van der Waals surface area contributed by atoms with Gasteiger partial charge in [0, 0.05) is 31.8 Å². The van der Waals surface area contributed by atoms with Crippen LogP contribution >= 0.6 is 0 Å². The minimum Gasteiger partial charge on any atom is -0.380 e. The van der Waals surface area contributed by atoms with Gasteiger partial charge in [-0.25, -0.2) is 0 Å². The molecule has 88 valence electrons. The van der Waals surface area contributed by atoms with E-state index in [1.54, 1.807) is 0 Å². The summed E-state index contributed by atoms with van der Waals surface area (Å²) in [7, 11) is 1.84. The number of piperidine rings is 1. The van der Waals surface area contributed by atoms with Crippen LogP contribution in [0.4, 0.5) is 0 Å². The molecule has 2 saturated heterocycles. The molecule has 2 rings (SSSR count). The van der Waals surface area contributed by atoms with Crippen LogP contribution in [0.2, 0.25) is 0 Å². The monoisotopic (exact) mass is 212 g/mol. The first-order valence-electron chi connectivity index (χ1n) is 6.12. The van der Waals surface area contributed by atoms with E-state index in [0.29, 0.717) is 11.6 Å². The van der Waals surface area contributed by atoms with Gasteiger partial charge in [0.05, 0.1) is 6.10 Å².